The molecule has 0 bridgehead atoms. The van der Waals surface area contributed by atoms with Gasteiger partial charge in [0.25, 0.3) is 0 Å². The minimum atomic E-state index is -0.330. The van der Waals surface area contributed by atoms with E-state index in [0.717, 1.165) is 17.4 Å². The number of hydrogen-bond acceptors (Lipinski definition) is 6. The molecule has 0 radical (unpaired) electrons. The molecule has 0 fully saturated rings. The van der Waals surface area contributed by atoms with Crippen molar-refractivity contribution in [1.29, 1.82) is 0 Å². The molecule has 4 nitrogen and oxygen atoms in total. The summed E-state index contributed by atoms with van der Waals surface area (Å²) < 4.78 is 0. The summed E-state index contributed by atoms with van der Waals surface area (Å²) in [4.78, 5) is 18.7. The highest BCUT2D eigenvalue weighted by Gasteiger charge is 2.22. The molecular formula is C22H23Cl2N3OS2. The highest BCUT2D eigenvalue weighted by Crippen LogP contribution is 2.34. The molecule has 158 valence electrons. The summed E-state index contributed by atoms with van der Waals surface area (Å²) in [6.07, 6.45) is 2.37. The van der Waals surface area contributed by atoms with Gasteiger partial charge in [0.1, 0.15) is 10.7 Å². The molecule has 0 saturated heterocycles. The summed E-state index contributed by atoms with van der Waals surface area (Å²) in [5.74, 6) is 1.64. The molecule has 3 aromatic rings. The number of nitrogen functional groups attached to an aromatic ring is 1. The fourth-order valence-corrected chi connectivity index (χ4v) is 5.61. The molecule has 0 aliphatic rings. The summed E-state index contributed by atoms with van der Waals surface area (Å²) in [5, 5.41) is 4.37. The van der Waals surface area contributed by atoms with Gasteiger partial charge in [-0.3, -0.25) is 4.79 Å². The number of aromatic nitrogens is 1. The van der Waals surface area contributed by atoms with Crippen molar-refractivity contribution in [3.8, 4) is 0 Å². The summed E-state index contributed by atoms with van der Waals surface area (Å²) in [7, 11) is 0. The number of thiazole rings is 1. The lowest BCUT2D eigenvalue weighted by atomic mass is 10.1. The fourth-order valence-electron chi connectivity index (χ4n) is 2.90. The summed E-state index contributed by atoms with van der Waals surface area (Å²) in [6.45, 7) is 4.46. The Kier molecular flexibility index (Phi) is 8.06. The topological polar surface area (TPSA) is 68.0 Å². The van der Waals surface area contributed by atoms with Gasteiger partial charge in [0.05, 0.1) is 15.6 Å². The third-order valence-electron chi connectivity index (χ3n) is 4.78. The average Bonchev–Trinajstić information content (AvgIpc) is 3.09. The molecule has 0 aliphatic carbocycles. The third kappa shape index (κ3) is 5.49. The first-order chi connectivity index (χ1) is 14.4. The highest BCUT2D eigenvalue weighted by atomic mass is 35.5. The Morgan fingerprint density at radius 3 is 2.50 bits per heavy atom. The molecule has 0 atom stereocenters. The molecule has 0 saturated carbocycles. The molecule has 8 heteroatoms. The van der Waals surface area contributed by atoms with E-state index in [4.69, 9.17) is 28.9 Å². The van der Waals surface area contributed by atoms with E-state index in [1.165, 1.54) is 29.1 Å². The van der Waals surface area contributed by atoms with Crippen molar-refractivity contribution in [2.75, 3.05) is 16.8 Å². The van der Waals surface area contributed by atoms with Gasteiger partial charge in [-0.05, 0) is 36.2 Å². The number of thioether (sulfide) groups is 1. The van der Waals surface area contributed by atoms with Crippen LogP contribution in [0.2, 0.25) is 10.0 Å². The van der Waals surface area contributed by atoms with Gasteiger partial charge in [0, 0.05) is 16.3 Å². The van der Waals surface area contributed by atoms with Crippen LogP contribution in [-0.4, -0.2) is 16.5 Å². The normalized spacial score (nSPS) is 11.1. The smallest absolute Gasteiger partial charge is 0.209 e. The zero-order valence-electron chi connectivity index (χ0n) is 16.7. The summed E-state index contributed by atoms with van der Waals surface area (Å²) in [5.41, 5.74) is 7.16. The molecule has 2 aromatic carbocycles. The standard InChI is InChI=1S/C22H23Cl2N3OS2/c1-3-13(4-2)12-29-15-8-5-7-14(11-15)26-22-27-21(25)20(30-22)19(28)18-16(23)9-6-10-17(18)24/h5-11,13H,3-4,12,25H2,1-2H3,(H,26,27). The maximum absolute atomic E-state index is 12.9. The lowest BCUT2D eigenvalue weighted by Gasteiger charge is -2.12. The molecule has 0 unspecified atom stereocenters. The molecule has 1 heterocycles. The van der Waals surface area contributed by atoms with Crippen LogP contribution in [0.4, 0.5) is 16.6 Å². The van der Waals surface area contributed by atoms with E-state index in [1.54, 1.807) is 18.2 Å². The molecule has 0 amide bonds. The van der Waals surface area contributed by atoms with Gasteiger partial charge in [-0.15, -0.1) is 11.8 Å². The Morgan fingerprint density at radius 2 is 1.83 bits per heavy atom. The van der Waals surface area contributed by atoms with Gasteiger partial charge in [0.2, 0.25) is 5.78 Å². The van der Waals surface area contributed by atoms with E-state index in [-0.39, 0.29) is 27.2 Å². The van der Waals surface area contributed by atoms with Crippen molar-refractivity contribution < 1.29 is 4.79 Å². The zero-order chi connectivity index (χ0) is 21.7. The second kappa shape index (κ2) is 10.5. The second-order valence-corrected chi connectivity index (χ2v) is 9.71. The Bertz CT molecular complexity index is 1010. The van der Waals surface area contributed by atoms with E-state index < -0.39 is 0 Å². The lowest BCUT2D eigenvalue weighted by molar-refractivity contribution is 0.104. The minimum absolute atomic E-state index is 0.155. The van der Waals surface area contributed by atoms with Gasteiger partial charge in [0.15, 0.2) is 5.13 Å². The van der Waals surface area contributed by atoms with E-state index in [9.17, 15) is 4.79 Å². The first-order valence-corrected chi connectivity index (χ1v) is 12.2. The number of benzene rings is 2. The maximum atomic E-state index is 12.9. The molecule has 0 spiro atoms. The lowest BCUT2D eigenvalue weighted by Crippen LogP contribution is -2.04. The molecule has 3 N–H and O–H groups in total. The number of nitrogens with two attached hydrogens (primary N) is 1. The van der Waals surface area contributed by atoms with E-state index in [2.05, 4.69) is 36.3 Å². The van der Waals surface area contributed by atoms with Crippen LogP contribution in [0.1, 0.15) is 41.9 Å². The Hall–Kier alpha value is -1.73. The van der Waals surface area contributed by atoms with Gasteiger partial charge in [-0.25, -0.2) is 4.98 Å². The SMILES string of the molecule is CCC(CC)CSc1cccc(Nc2nc(N)c(C(=O)c3c(Cl)cccc3Cl)s2)c1. The van der Waals surface area contributed by atoms with Crippen LogP contribution in [0, 0.1) is 5.92 Å². The molecule has 30 heavy (non-hydrogen) atoms. The predicted molar refractivity (Wildman–Crippen MR) is 131 cm³/mol. The van der Waals surface area contributed by atoms with Crippen molar-refractivity contribution in [3.05, 3.63) is 63.0 Å². The maximum Gasteiger partial charge on any atom is 0.209 e. The second-order valence-electron chi connectivity index (χ2n) is 6.81. The number of rotatable bonds is 9. The van der Waals surface area contributed by atoms with E-state index in [1.807, 2.05) is 23.9 Å². The third-order valence-corrected chi connectivity index (χ3v) is 7.62. The van der Waals surface area contributed by atoms with Crippen LogP contribution in [0.3, 0.4) is 0 Å². The van der Waals surface area contributed by atoms with Crippen LogP contribution in [0.5, 0.6) is 0 Å². The minimum Gasteiger partial charge on any atom is -0.382 e. The number of nitrogens with zero attached hydrogens (tertiary/aromatic N) is 1. The highest BCUT2D eigenvalue weighted by molar-refractivity contribution is 7.99. The van der Waals surface area contributed by atoms with Crippen LogP contribution in [0.15, 0.2) is 47.4 Å². The molecule has 0 aliphatic heterocycles. The monoisotopic (exact) mass is 479 g/mol. The predicted octanol–water partition coefficient (Wildman–Crippen LogP) is 7.54. The zero-order valence-corrected chi connectivity index (χ0v) is 19.9. The Balaban J connectivity index is 1.76. The van der Waals surface area contributed by atoms with Gasteiger partial charge in [-0.2, -0.15) is 0 Å². The first-order valence-electron chi connectivity index (χ1n) is 9.67. The Labute approximate surface area is 195 Å². The number of halogens is 2. The van der Waals surface area contributed by atoms with Gasteiger partial charge in [-0.1, -0.05) is 73.4 Å². The number of hydrogen-bond donors (Lipinski definition) is 2. The summed E-state index contributed by atoms with van der Waals surface area (Å²) in [6, 6.07) is 13.1. The van der Waals surface area contributed by atoms with Crippen molar-refractivity contribution >= 4 is 68.7 Å². The quantitative estimate of drug-likeness (QED) is 0.245. The molecular weight excluding hydrogens is 457 g/mol. The fraction of sp³-hybridized carbons (Fsp3) is 0.273. The number of ketones is 1. The van der Waals surface area contributed by atoms with Crippen molar-refractivity contribution in [2.45, 2.75) is 31.6 Å². The number of carbonyl (C=O) groups excluding carboxylic acids is 1. The summed E-state index contributed by atoms with van der Waals surface area (Å²) >= 11 is 15.4. The average molecular weight is 480 g/mol. The van der Waals surface area contributed by atoms with Crippen LogP contribution in [-0.2, 0) is 0 Å². The Morgan fingerprint density at radius 1 is 1.17 bits per heavy atom. The van der Waals surface area contributed by atoms with E-state index >= 15 is 0 Å². The van der Waals surface area contributed by atoms with Crippen LogP contribution in [0.25, 0.3) is 0 Å². The van der Waals surface area contributed by atoms with Crippen LogP contribution < -0.4 is 11.1 Å². The van der Waals surface area contributed by atoms with Crippen LogP contribution >= 0.6 is 46.3 Å². The first kappa shape index (κ1) is 22.9. The van der Waals surface area contributed by atoms with Gasteiger partial charge >= 0.3 is 0 Å². The van der Waals surface area contributed by atoms with Crippen molar-refractivity contribution in [1.82, 2.24) is 4.98 Å². The van der Waals surface area contributed by atoms with E-state index in [0.29, 0.717) is 10.0 Å². The molecule has 3 rings (SSSR count). The van der Waals surface area contributed by atoms with Crippen molar-refractivity contribution in [2.24, 2.45) is 5.92 Å². The molecule has 1 aromatic heterocycles. The number of anilines is 3. The van der Waals surface area contributed by atoms with Gasteiger partial charge < -0.3 is 11.1 Å². The number of carbonyl (C=O) groups is 1. The largest absolute Gasteiger partial charge is 0.382 e. The number of nitrogens with one attached hydrogen (secondary N) is 1. The van der Waals surface area contributed by atoms with Crippen molar-refractivity contribution in [3.63, 3.8) is 0 Å².